The Morgan fingerprint density at radius 1 is 1.31 bits per heavy atom. The maximum atomic E-state index is 6.13. The minimum atomic E-state index is -0.150. The van der Waals surface area contributed by atoms with Crippen molar-refractivity contribution in [1.82, 2.24) is 15.5 Å². The molecule has 2 N–H and O–H groups in total. The lowest BCUT2D eigenvalue weighted by Gasteiger charge is -2.42. The summed E-state index contributed by atoms with van der Waals surface area (Å²) in [4.78, 5) is 6.96. The molecule has 0 spiro atoms. The molecule has 0 radical (unpaired) electrons. The summed E-state index contributed by atoms with van der Waals surface area (Å²) in [5.74, 6) is 0.845. The lowest BCUT2D eigenvalue weighted by molar-refractivity contribution is -0.0971. The Bertz CT molecular complexity index is 724. The van der Waals surface area contributed by atoms with Gasteiger partial charge in [-0.3, -0.25) is 9.89 Å². The van der Waals surface area contributed by atoms with Crippen LogP contribution in [-0.4, -0.2) is 68.0 Å². The van der Waals surface area contributed by atoms with E-state index in [1.54, 1.807) is 0 Å². The van der Waals surface area contributed by atoms with Gasteiger partial charge in [-0.2, -0.15) is 0 Å². The van der Waals surface area contributed by atoms with Crippen molar-refractivity contribution in [2.75, 3.05) is 33.3 Å². The molecule has 0 aliphatic carbocycles. The van der Waals surface area contributed by atoms with Crippen molar-refractivity contribution in [3.05, 3.63) is 34.9 Å². The largest absolute Gasteiger partial charge is 0.373 e. The highest BCUT2D eigenvalue weighted by atomic mass is 35.5. The molecule has 4 atom stereocenters. The van der Waals surface area contributed by atoms with Crippen molar-refractivity contribution in [1.29, 1.82) is 0 Å². The molecule has 2 bridgehead atoms. The summed E-state index contributed by atoms with van der Waals surface area (Å²) in [6, 6.07) is 8.75. The predicted molar refractivity (Wildman–Crippen MR) is 117 cm³/mol. The molecule has 3 saturated heterocycles. The molecular weight excluding hydrogens is 388 g/mol. The highest BCUT2D eigenvalue weighted by molar-refractivity contribution is 6.30. The second-order valence-corrected chi connectivity index (χ2v) is 9.40. The van der Waals surface area contributed by atoms with Crippen LogP contribution in [0.2, 0.25) is 5.02 Å². The molecule has 1 aromatic rings. The Morgan fingerprint density at radius 3 is 2.72 bits per heavy atom. The molecule has 1 aromatic carbocycles. The van der Waals surface area contributed by atoms with Crippen LogP contribution in [-0.2, 0) is 9.47 Å². The second-order valence-electron chi connectivity index (χ2n) is 8.96. The van der Waals surface area contributed by atoms with Crippen molar-refractivity contribution >= 4 is 17.6 Å². The molecule has 0 saturated carbocycles. The van der Waals surface area contributed by atoms with Crippen LogP contribution in [0.3, 0.4) is 0 Å². The van der Waals surface area contributed by atoms with Crippen LogP contribution in [0, 0.1) is 0 Å². The van der Waals surface area contributed by atoms with Gasteiger partial charge in [0, 0.05) is 31.7 Å². The summed E-state index contributed by atoms with van der Waals surface area (Å²) in [5, 5.41) is 7.90. The highest BCUT2D eigenvalue weighted by Crippen LogP contribution is 2.34. The third kappa shape index (κ3) is 5.05. The summed E-state index contributed by atoms with van der Waals surface area (Å²) < 4.78 is 11.9. The van der Waals surface area contributed by atoms with Gasteiger partial charge in [0.1, 0.15) is 0 Å². The fourth-order valence-electron chi connectivity index (χ4n) is 4.82. The Morgan fingerprint density at radius 2 is 2.10 bits per heavy atom. The molecule has 3 aliphatic heterocycles. The number of rotatable bonds is 5. The van der Waals surface area contributed by atoms with Gasteiger partial charge in [0.25, 0.3) is 0 Å². The standard InChI is InChI=1S/C22H33ClN4O2/c1-22(2)14-27(10-11-28-22)19(15-4-6-16(23)7-5-15)13-25-21(24-3)26-18-12-17-8-9-20(18)29-17/h4-7,17-20H,8-14H2,1-3H3,(H2,24,25,26). The first kappa shape index (κ1) is 20.9. The topological polar surface area (TPSA) is 58.1 Å². The lowest BCUT2D eigenvalue weighted by atomic mass is 9.96. The van der Waals surface area contributed by atoms with Gasteiger partial charge in [-0.25, -0.2) is 0 Å². The maximum Gasteiger partial charge on any atom is 0.191 e. The van der Waals surface area contributed by atoms with E-state index in [1.165, 1.54) is 12.0 Å². The SMILES string of the molecule is CN=C(NCC(c1ccc(Cl)cc1)N1CCOC(C)(C)C1)NC1CC2CCC1O2. The van der Waals surface area contributed by atoms with Crippen LogP contribution in [0.5, 0.6) is 0 Å². The molecule has 29 heavy (non-hydrogen) atoms. The van der Waals surface area contributed by atoms with Crippen molar-refractivity contribution < 1.29 is 9.47 Å². The molecule has 3 aliphatic rings. The van der Waals surface area contributed by atoms with E-state index in [1.807, 2.05) is 19.2 Å². The number of nitrogens with zero attached hydrogens (tertiary/aromatic N) is 2. The summed E-state index contributed by atoms with van der Waals surface area (Å²) in [6.07, 6.45) is 4.16. The van der Waals surface area contributed by atoms with Gasteiger partial charge in [0.2, 0.25) is 0 Å². The van der Waals surface area contributed by atoms with Gasteiger partial charge in [0.15, 0.2) is 5.96 Å². The van der Waals surface area contributed by atoms with E-state index in [0.29, 0.717) is 18.2 Å². The molecule has 4 unspecified atom stereocenters. The van der Waals surface area contributed by atoms with E-state index in [2.05, 4.69) is 46.5 Å². The number of halogens is 1. The fourth-order valence-corrected chi connectivity index (χ4v) is 4.94. The number of hydrogen-bond acceptors (Lipinski definition) is 4. The van der Waals surface area contributed by atoms with Crippen molar-refractivity contribution in [2.24, 2.45) is 4.99 Å². The summed E-state index contributed by atoms with van der Waals surface area (Å²) in [5.41, 5.74) is 1.10. The summed E-state index contributed by atoms with van der Waals surface area (Å²) in [6.45, 7) is 7.60. The van der Waals surface area contributed by atoms with E-state index in [4.69, 9.17) is 21.1 Å². The molecule has 4 rings (SSSR count). The van der Waals surface area contributed by atoms with E-state index in [0.717, 1.165) is 50.1 Å². The lowest BCUT2D eigenvalue weighted by Crippen LogP contribution is -2.53. The third-order valence-electron chi connectivity index (χ3n) is 6.27. The normalized spacial score (nSPS) is 30.3. The monoisotopic (exact) mass is 420 g/mol. The van der Waals surface area contributed by atoms with Gasteiger partial charge in [-0.15, -0.1) is 0 Å². The first-order valence-corrected chi connectivity index (χ1v) is 11.1. The van der Waals surface area contributed by atoms with E-state index >= 15 is 0 Å². The highest BCUT2D eigenvalue weighted by Gasteiger charge is 2.41. The number of ether oxygens (including phenoxy) is 2. The van der Waals surface area contributed by atoms with Crippen LogP contribution < -0.4 is 10.6 Å². The molecule has 3 fully saturated rings. The van der Waals surface area contributed by atoms with Gasteiger partial charge in [0.05, 0.1) is 36.5 Å². The Kier molecular flexibility index (Phi) is 6.35. The predicted octanol–water partition coefficient (Wildman–Crippen LogP) is 2.98. The van der Waals surface area contributed by atoms with Crippen molar-refractivity contribution in [3.8, 4) is 0 Å². The van der Waals surface area contributed by atoms with Crippen LogP contribution in [0.4, 0.5) is 0 Å². The summed E-state index contributed by atoms with van der Waals surface area (Å²) >= 11 is 6.13. The van der Waals surface area contributed by atoms with Gasteiger partial charge in [-0.05, 0) is 50.8 Å². The smallest absolute Gasteiger partial charge is 0.191 e. The minimum Gasteiger partial charge on any atom is -0.373 e. The number of hydrogen-bond donors (Lipinski definition) is 2. The molecule has 6 nitrogen and oxygen atoms in total. The fraction of sp³-hybridized carbons (Fsp3) is 0.682. The average molecular weight is 421 g/mol. The van der Waals surface area contributed by atoms with E-state index in [-0.39, 0.29) is 11.6 Å². The zero-order chi connectivity index (χ0) is 20.4. The quantitative estimate of drug-likeness (QED) is 0.566. The Balaban J connectivity index is 1.43. The third-order valence-corrected chi connectivity index (χ3v) is 6.52. The van der Waals surface area contributed by atoms with Gasteiger partial charge < -0.3 is 20.1 Å². The number of nitrogens with one attached hydrogen (secondary N) is 2. The molecule has 3 heterocycles. The van der Waals surface area contributed by atoms with E-state index < -0.39 is 0 Å². The van der Waals surface area contributed by atoms with Gasteiger partial charge >= 0.3 is 0 Å². The van der Waals surface area contributed by atoms with Crippen LogP contribution in [0.15, 0.2) is 29.3 Å². The van der Waals surface area contributed by atoms with Crippen molar-refractivity contribution in [2.45, 2.75) is 63.0 Å². The number of benzene rings is 1. The number of guanidine groups is 1. The molecular formula is C22H33ClN4O2. The molecule has 160 valence electrons. The van der Waals surface area contributed by atoms with E-state index in [9.17, 15) is 0 Å². The van der Waals surface area contributed by atoms with Crippen molar-refractivity contribution in [3.63, 3.8) is 0 Å². The molecule has 0 amide bonds. The zero-order valence-corrected chi connectivity index (χ0v) is 18.4. The molecule has 7 heteroatoms. The zero-order valence-electron chi connectivity index (χ0n) is 17.7. The second kappa shape index (κ2) is 8.80. The minimum absolute atomic E-state index is 0.150. The molecule has 0 aromatic heterocycles. The van der Waals surface area contributed by atoms with Gasteiger partial charge in [-0.1, -0.05) is 23.7 Å². The van der Waals surface area contributed by atoms with Crippen LogP contribution >= 0.6 is 11.6 Å². The number of morpholine rings is 1. The Hall–Kier alpha value is -1.34. The maximum absolute atomic E-state index is 6.13. The first-order chi connectivity index (χ1) is 13.9. The van der Waals surface area contributed by atoms with Crippen LogP contribution in [0.1, 0.15) is 44.7 Å². The number of fused-ring (bicyclic) bond motifs is 2. The summed E-state index contributed by atoms with van der Waals surface area (Å²) in [7, 11) is 1.83. The first-order valence-electron chi connectivity index (χ1n) is 10.7. The van der Waals surface area contributed by atoms with Crippen LogP contribution in [0.25, 0.3) is 0 Å². The average Bonchev–Trinajstić information content (AvgIpc) is 3.31. The Labute approximate surface area is 179 Å². The number of aliphatic imine (C=N–C) groups is 1.